The Morgan fingerprint density at radius 1 is 1.44 bits per heavy atom. The van der Waals surface area contributed by atoms with E-state index >= 15 is 0 Å². The van der Waals surface area contributed by atoms with Gasteiger partial charge in [-0.3, -0.25) is 4.98 Å². The van der Waals surface area contributed by atoms with Crippen molar-refractivity contribution in [3.8, 4) is 6.07 Å². The maximum absolute atomic E-state index is 8.53. The van der Waals surface area contributed by atoms with Gasteiger partial charge in [-0.2, -0.15) is 5.26 Å². The fraction of sp³-hybridized carbons (Fsp3) is 0.231. The molecule has 2 aromatic rings. The van der Waals surface area contributed by atoms with Gasteiger partial charge in [-0.25, -0.2) is 0 Å². The standard InChI is InChI=1S/C13H13N3/c1-9-4-5-11-7-10(3-2-6-14)8-16-13(11)12(9)15/h4-5,7-8H,2-3,15H2,1H3. The van der Waals surface area contributed by atoms with Crippen LogP contribution in [0.15, 0.2) is 24.4 Å². The van der Waals surface area contributed by atoms with E-state index in [4.69, 9.17) is 11.0 Å². The van der Waals surface area contributed by atoms with Crippen molar-refractivity contribution in [3.63, 3.8) is 0 Å². The summed E-state index contributed by atoms with van der Waals surface area (Å²) in [4.78, 5) is 4.36. The lowest BCUT2D eigenvalue weighted by atomic mass is 10.1. The highest BCUT2D eigenvalue weighted by molar-refractivity contribution is 5.91. The summed E-state index contributed by atoms with van der Waals surface area (Å²) in [6.45, 7) is 1.97. The summed E-state index contributed by atoms with van der Waals surface area (Å²) in [5, 5.41) is 9.57. The molecule has 0 bridgehead atoms. The SMILES string of the molecule is Cc1ccc2cc(CCC#N)cnc2c1N. The molecule has 3 nitrogen and oxygen atoms in total. The van der Waals surface area contributed by atoms with Crippen LogP contribution in [-0.2, 0) is 6.42 Å². The van der Waals surface area contributed by atoms with Gasteiger partial charge in [-0.15, -0.1) is 0 Å². The third-order valence-electron chi connectivity index (χ3n) is 2.69. The van der Waals surface area contributed by atoms with Gasteiger partial charge in [0.1, 0.15) is 0 Å². The number of anilines is 1. The second-order valence-corrected chi connectivity index (χ2v) is 3.87. The number of nitrogens with two attached hydrogens (primary N) is 1. The minimum atomic E-state index is 0.522. The molecule has 0 aliphatic carbocycles. The number of fused-ring (bicyclic) bond motifs is 1. The Kier molecular flexibility index (Phi) is 2.74. The number of benzene rings is 1. The van der Waals surface area contributed by atoms with Crippen LogP contribution in [0.1, 0.15) is 17.5 Å². The predicted octanol–water partition coefficient (Wildman–Crippen LogP) is 2.58. The summed E-state index contributed by atoms with van der Waals surface area (Å²) in [6, 6.07) is 8.19. The van der Waals surface area contributed by atoms with Gasteiger partial charge >= 0.3 is 0 Å². The second kappa shape index (κ2) is 4.19. The number of pyridine rings is 1. The summed E-state index contributed by atoms with van der Waals surface area (Å²) in [5.41, 5.74) is 9.67. The number of nitriles is 1. The summed E-state index contributed by atoms with van der Waals surface area (Å²) < 4.78 is 0. The average Bonchev–Trinajstić information content (AvgIpc) is 2.31. The van der Waals surface area contributed by atoms with E-state index in [0.717, 1.165) is 34.1 Å². The van der Waals surface area contributed by atoms with Crippen LogP contribution in [0.5, 0.6) is 0 Å². The zero-order valence-electron chi connectivity index (χ0n) is 9.20. The zero-order chi connectivity index (χ0) is 11.5. The van der Waals surface area contributed by atoms with Crippen LogP contribution in [0.4, 0.5) is 5.69 Å². The number of aromatic nitrogens is 1. The molecule has 2 rings (SSSR count). The summed E-state index contributed by atoms with van der Waals surface area (Å²) in [6.07, 6.45) is 3.07. The lowest BCUT2D eigenvalue weighted by molar-refractivity contribution is 1.00. The average molecular weight is 211 g/mol. The predicted molar refractivity (Wildman–Crippen MR) is 64.8 cm³/mol. The largest absolute Gasteiger partial charge is 0.397 e. The highest BCUT2D eigenvalue weighted by atomic mass is 14.7. The van der Waals surface area contributed by atoms with Crippen LogP contribution in [0.25, 0.3) is 10.9 Å². The first-order chi connectivity index (χ1) is 7.72. The fourth-order valence-electron chi connectivity index (χ4n) is 1.71. The molecule has 0 atom stereocenters. The van der Waals surface area contributed by atoms with E-state index < -0.39 is 0 Å². The van der Waals surface area contributed by atoms with E-state index in [1.807, 2.05) is 19.1 Å². The van der Waals surface area contributed by atoms with E-state index in [9.17, 15) is 0 Å². The van der Waals surface area contributed by atoms with E-state index in [1.54, 1.807) is 6.20 Å². The lowest BCUT2D eigenvalue weighted by Gasteiger charge is -2.06. The van der Waals surface area contributed by atoms with E-state index in [-0.39, 0.29) is 0 Å². The maximum atomic E-state index is 8.53. The Labute approximate surface area is 94.5 Å². The molecular weight excluding hydrogens is 198 g/mol. The number of nitrogens with zero attached hydrogens (tertiary/aromatic N) is 2. The van der Waals surface area contributed by atoms with Gasteiger partial charge in [-0.05, 0) is 30.5 Å². The molecule has 0 unspecified atom stereocenters. The van der Waals surface area contributed by atoms with E-state index in [2.05, 4.69) is 17.1 Å². The quantitative estimate of drug-likeness (QED) is 0.776. The van der Waals surface area contributed by atoms with Gasteiger partial charge in [0.25, 0.3) is 0 Å². The Morgan fingerprint density at radius 3 is 3.00 bits per heavy atom. The number of hydrogen-bond donors (Lipinski definition) is 1. The molecular formula is C13H13N3. The topological polar surface area (TPSA) is 62.7 Å². The third kappa shape index (κ3) is 1.82. The van der Waals surface area contributed by atoms with Crippen LogP contribution in [0.2, 0.25) is 0 Å². The molecule has 3 heteroatoms. The molecule has 1 heterocycles. The third-order valence-corrected chi connectivity index (χ3v) is 2.69. The highest BCUT2D eigenvalue weighted by Crippen LogP contribution is 2.23. The van der Waals surface area contributed by atoms with Crippen molar-refractivity contribution in [1.82, 2.24) is 4.98 Å². The van der Waals surface area contributed by atoms with Crippen molar-refractivity contribution in [1.29, 1.82) is 5.26 Å². The van der Waals surface area contributed by atoms with Crippen molar-refractivity contribution >= 4 is 16.6 Å². The fourth-order valence-corrected chi connectivity index (χ4v) is 1.71. The van der Waals surface area contributed by atoms with Gasteiger partial charge in [0.05, 0.1) is 17.3 Å². The number of rotatable bonds is 2. The van der Waals surface area contributed by atoms with Crippen molar-refractivity contribution < 1.29 is 0 Å². The maximum Gasteiger partial charge on any atom is 0.0934 e. The molecule has 0 radical (unpaired) electrons. The lowest BCUT2D eigenvalue weighted by Crippen LogP contribution is -1.94. The van der Waals surface area contributed by atoms with Crippen LogP contribution in [0.3, 0.4) is 0 Å². The molecule has 80 valence electrons. The summed E-state index contributed by atoms with van der Waals surface area (Å²) in [7, 11) is 0. The van der Waals surface area contributed by atoms with Crippen LogP contribution >= 0.6 is 0 Å². The first kappa shape index (κ1) is 10.4. The molecule has 2 N–H and O–H groups in total. The Hall–Kier alpha value is -2.08. The van der Waals surface area contributed by atoms with Crippen molar-refractivity contribution in [2.45, 2.75) is 19.8 Å². The van der Waals surface area contributed by atoms with Crippen molar-refractivity contribution in [2.24, 2.45) is 0 Å². The number of nitrogen functional groups attached to an aromatic ring is 1. The molecule has 0 saturated carbocycles. The van der Waals surface area contributed by atoms with Gasteiger partial charge in [0, 0.05) is 18.0 Å². The molecule has 0 amide bonds. The van der Waals surface area contributed by atoms with E-state index in [1.165, 1.54) is 0 Å². The van der Waals surface area contributed by atoms with Crippen molar-refractivity contribution in [3.05, 3.63) is 35.5 Å². The van der Waals surface area contributed by atoms with Gasteiger partial charge < -0.3 is 5.73 Å². The molecule has 0 spiro atoms. The normalized spacial score (nSPS) is 10.2. The molecule has 0 saturated heterocycles. The van der Waals surface area contributed by atoms with Crippen LogP contribution in [0, 0.1) is 18.3 Å². The molecule has 1 aromatic heterocycles. The summed E-state index contributed by atoms with van der Waals surface area (Å²) in [5.74, 6) is 0. The molecule has 0 aliphatic heterocycles. The minimum Gasteiger partial charge on any atom is -0.397 e. The second-order valence-electron chi connectivity index (χ2n) is 3.87. The monoisotopic (exact) mass is 211 g/mol. The highest BCUT2D eigenvalue weighted by Gasteiger charge is 2.03. The first-order valence-electron chi connectivity index (χ1n) is 5.23. The first-order valence-corrected chi connectivity index (χ1v) is 5.23. The Morgan fingerprint density at radius 2 is 2.25 bits per heavy atom. The zero-order valence-corrected chi connectivity index (χ0v) is 9.20. The Balaban J connectivity index is 2.48. The summed E-state index contributed by atoms with van der Waals surface area (Å²) >= 11 is 0. The van der Waals surface area contributed by atoms with Crippen LogP contribution < -0.4 is 5.73 Å². The van der Waals surface area contributed by atoms with Crippen LogP contribution in [-0.4, -0.2) is 4.98 Å². The Bertz CT molecular complexity index is 567. The number of hydrogen-bond acceptors (Lipinski definition) is 3. The number of aryl methyl sites for hydroxylation is 2. The van der Waals surface area contributed by atoms with Gasteiger partial charge in [-0.1, -0.05) is 12.1 Å². The van der Waals surface area contributed by atoms with Gasteiger partial charge in [0.2, 0.25) is 0 Å². The molecule has 0 aliphatic rings. The molecule has 0 fully saturated rings. The van der Waals surface area contributed by atoms with E-state index in [0.29, 0.717) is 6.42 Å². The minimum absolute atomic E-state index is 0.522. The van der Waals surface area contributed by atoms with Gasteiger partial charge in [0.15, 0.2) is 0 Å². The van der Waals surface area contributed by atoms with Crippen molar-refractivity contribution in [2.75, 3.05) is 5.73 Å². The molecule has 1 aromatic carbocycles. The smallest absolute Gasteiger partial charge is 0.0934 e. The molecule has 16 heavy (non-hydrogen) atoms.